The lowest BCUT2D eigenvalue weighted by Crippen LogP contribution is -2.50. The van der Waals surface area contributed by atoms with Gasteiger partial charge in [-0.1, -0.05) is 23.4 Å². The molecular formula is C25H22FN5O3. The minimum Gasteiger partial charge on any atom is -0.368 e. The molecular weight excluding hydrogens is 437 g/mol. The van der Waals surface area contributed by atoms with E-state index in [0.717, 1.165) is 18.8 Å². The van der Waals surface area contributed by atoms with Crippen molar-refractivity contribution in [3.05, 3.63) is 89.1 Å². The van der Waals surface area contributed by atoms with Crippen LogP contribution in [0.15, 0.2) is 82.2 Å². The van der Waals surface area contributed by atoms with Gasteiger partial charge in [-0.2, -0.15) is 4.98 Å². The van der Waals surface area contributed by atoms with Crippen molar-refractivity contribution in [1.82, 2.24) is 19.6 Å². The van der Waals surface area contributed by atoms with Gasteiger partial charge in [-0.25, -0.2) is 4.39 Å². The third-order valence-electron chi connectivity index (χ3n) is 5.84. The maximum atomic E-state index is 13.2. The van der Waals surface area contributed by atoms with Gasteiger partial charge in [0.1, 0.15) is 17.9 Å². The summed E-state index contributed by atoms with van der Waals surface area (Å²) < 4.78 is 19.8. The monoisotopic (exact) mass is 459 g/mol. The zero-order valence-corrected chi connectivity index (χ0v) is 18.3. The maximum absolute atomic E-state index is 13.2. The molecule has 3 heterocycles. The Kier molecular flexibility index (Phi) is 5.90. The van der Waals surface area contributed by atoms with E-state index in [0.29, 0.717) is 18.7 Å². The van der Waals surface area contributed by atoms with Crippen molar-refractivity contribution in [2.24, 2.45) is 0 Å². The molecule has 0 spiro atoms. The van der Waals surface area contributed by atoms with Crippen molar-refractivity contribution in [3.8, 4) is 22.8 Å². The quantitative estimate of drug-likeness (QED) is 0.456. The van der Waals surface area contributed by atoms with Crippen LogP contribution in [0.1, 0.15) is 0 Å². The minimum atomic E-state index is -0.395. The van der Waals surface area contributed by atoms with E-state index in [-0.39, 0.29) is 35.5 Å². The van der Waals surface area contributed by atoms with Crippen molar-refractivity contribution in [1.29, 1.82) is 0 Å². The highest BCUT2D eigenvalue weighted by molar-refractivity contribution is 5.76. The van der Waals surface area contributed by atoms with Crippen LogP contribution >= 0.6 is 0 Å². The Balaban J connectivity index is 1.28. The molecule has 9 heteroatoms. The van der Waals surface area contributed by atoms with E-state index in [1.54, 1.807) is 23.2 Å². The Labute approximate surface area is 194 Å². The normalized spacial score (nSPS) is 13.8. The summed E-state index contributed by atoms with van der Waals surface area (Å²) >= 11 is 0. The summed E-state index contributed by atoms with van der Waals surface area (Å²) in [5.74, 6) is -0.200. The molecule has 0 N–H and O–H groups in total. The molecule has 1 aliphatic rings. The number of amides is 1. The van der Waals surface area contributed by atoms with Crippen LogP contribution in [0.4, 0.5) is 10.1 Å². The second kappa shape index (κ2) is 9.30. The van der Waals surface area contributed by atoms with Crippen molar-refractivity contribution < 1.29 is 13.7 Å². The fourth-order valence-corrected chi connectivity index (χ4v) is 3.97. The van der Waals surface area contributed by atoms with Gasteiger partial charge in [0.25, 0.3) is 11.4 Å². The predicted octanol–water partition coefficient (Wildman–Crippen LogP) is 3.05. The number of carbonyl (C=O) groups excluding carboxylic acids is 1. The number of benzene rings is 2. The lowest BCUT2D eigenvalue weighted by Gasteiger charge is -2.36. The fraction of sp³-hybridized carbons (Fsp3) is 0.200. The van der Waals surface area contributed by atoms with Crippen molar-refractivity contribution in [2.45, 2.75) is 6.54 Å². The Hall–Kier alpha value is -4.27. The highest BCUT2D eigenvalue weighted by atomic mass is 19.1. The molecule has 0 saturated carbocycles. The number of pyridine rings is 1. The summed E-state index contributed by atoms with van der Waals surface area (Å²) in [4.78, 5) is 34.2. The zero-order chi connectivity index (χ0) is 23.5. The molecule has 0 radical (unpaired) electrons. The number of hydrogen-bond donors (Lipinski definition) is 0. The third-order valence-corrected chi connectivity index (χ3v) is 5.84. The lowest BCUT2D eigenvalue weighted by atomic mass is 10.2. The van der Waals surface area contributed by atoms with E-state index in [4.69, 9.17) is 4.52 Å². The predicted molar refractivity (Wildman–Crippen MR) is 125 cm³/mol. The van der Waals surface area contributed by atoms with Crippen molar-refractivity contribution >= 4 is 11.6 Å². The second-order valence-corrected chi connectivity index (χ2v) is 7.99. The van der Waals surface area contributed by atoms with Crippen molar-refractivity contribution in [3.63, 3.8) is 0 Å². The second-order valence-electron chi connectivity index (χ2n) is 7.99. The van der Waals surface area contributed by atoms with E-state index in [1.807, 2.05) is 18.2 Å². The number of rotatable bonds is 5. The first-order valence-electron chi connectivity index (χ1n) is 11.0. The lowest BCUT2D eigenvalue weighted by molar-refractivity contribution is -0.132. The first kappa shape index (κ1) is 21.6. The number of nitrogens with zero attached hydrogens (tertiary/aromatic N) is 5. The molecule has 5 rings (SSSR count). The average molecular weight is 459 g/mol. The van der Waals surface area contributed by atoms with Crippen molar-refractivity contribution in [2.75, 3.05) is 31.1 Å². The molecule has 2 aromatic carbocycles. The van der Waals surface area contributed by atoms with E-state index in [9.17, 15) is 14.0 Å². The first-order valence-corrected chi connectivity index (χ1v) is 11.0. The molecule has 0 bridgehead atoms. The fourth-order valence-electron chi connectivity index (χ4n) is 3.97. The average Bonchev–Trinajstić information content (AvgIpc) is 3.36. The SMILES string of the molecule is O=C(Cn1cccc(-c2nc(-c3ccc(F)cc3)no2)c1=O)N1CCN(c2ccccc2)CC1. The molecule has 34 heavy (non-hydrogen) atoms. The number of carbonyl (C=O) groups is 1. The Morgan fingerprint density at radius 3 is 2.41 bits per heavy atom. The summed E-state index contributed by atoms with van der Waals surface area (Å²) in [6.07, 6.45) is 1.57. The molecule has 0 aliphatic carbocycles. The summed E-state index contributed by atoms with van der Waals surface area (Å²) in [7, 11) is 0. The molecule has 172 valence electrons. The molecule has 0 atom stereocenters. The topological polar surface area (TPSA) is 84.5 Å². The van der Waals surface area contributed by atoms with Crippen LogP contribution in [0.2, 0.25) is 0 Å². The van der Waals surface area contributed by atoms with Gasteiger partial charge in [0, 0.05) is 43.6 Å². The van der Waals surface area contributed by atoms with Gasteiger partial charge in [0.2, 0.25) is 11.7 Å². The molecule has 1 aliphatic heterocycles. The Bertz CT molecular complexity index is 1340. The van der Waals surface area contributed by atoms with Gasteiger partial charge in [-0.05, 0) is 48.5 Å². The molecule has 4 aromatic rings. The van der Waals surface area contributed by atoms with Gasteiger partial charge in [0.15, 0.2) is 0 Å². The van der Waals surface area contributed by atoms with Gasteiger partial charge < -0.3 is 18.9 Å². The van der Waals surface area contributed by atoms with Crippen LogP contribution in [-0.4, -0.2) is 51.7 Å². The van der Waals surface area contributed by atoms with Crippen LogP contribution in [0.3, 0.4) is 0 Å². The largest absolute Gasteiger partial charge is 0.368 e. The van der Waals surface area contributed by atoms with Gasteiger partial charge in [-0.3, -0.25) is 9.59 Å². The number of halogens is 1. The summed E-state index contributed by atoms with van der Waals surface area (Å²) in [6.45, 7) is 2.58. The highest BCUT2D eigenvalue weighted by Crippen LogP contribution is 2.20. The Morgan fingerprint density at radius 1 is 0.941 bits per heavy atom. The Morgan fingerprint density at radius 2 is 1.68 bits per heavy atom. The van der Waals surface area contributed by atoms with E-state index in [2.05, 4.69) is 27.2 Å². The zero-order valence-electron chi connectivity index (χ0n) is 18.3. The number of hydrogen-bond acceptors (Lipinski definition) is 6. The van der Waals surface area contributed by atoms with Gasteiger partial charge in [-0.15, -0.1) is 0 Å². The smallest absolute Gasteiger partial charge is 0.263 e. The molecule has 1 fully saturated rings. The maximum Gasteiger partial charge on any atom is 0.263 e. The number of aromatic nitrogens is 3. The van der Waals surface area contributed by atoms with E-state index in [1.165, 1.54) is 28.8 Å². The first-order chi connectivity index (χ1) is 16.6. The molecule has 1 saturated heterocycles. The molecule has 1 amide bonds. The number of piperazine rings is 1. The van der Waals surface area contributed by atoms with Gasteiger partial charge >= 0.3 is 0 Å². The van der Waals surface area contributed by atoms with Gasteiger partial charge in [0.05, 0.1) is 0 Å². The molecule has 2 aromatic heterocycles. The summed E-state index contributed by atoms with van der Waals surface area (Å²) in [5.41, 5.74) is 1.51. The molecule has 8 nitrogen and oxygen atoms in total. The highest BCUT2D eigenvalue weighted by Gasteiger charge is 2.22. The number of anilines is 1. The van der Waals surface area contributed by atoms with Crippen LogP contribution in [-0.2, 0) is 11.3 Å². The van der Waals surface area contributed by atoms with Crippen LogP contribution < -0.4 is 10.5 Å². The number of para-hydroxylation sites is 1. The third kappa shape index (κ3) is 4.45. The van der Waals surface area contributed by atoms with Crippen LogP contribution in [0.5, 0.6) is 0 Å². The standard InChI is InChI=1S/C25H22FN5O3/c26-19-10-8-18(9-11-19)23-27-24(34-28-23)21-7-4-12-31(25(21)33)17-22(32)30-15-13-29(14-16-30)20-5-2-1-3-6-20/h1-12H,13-17H2. The molecule has 0 unspecified atom stereocenters. The minimum absolute atomic E-state index is 0.0441. The van der Waals surface area contributed by atoms with E-state index < -0.39 is 5.56 Å². The summed E-state index contributed by atoms with van der Waals surface area (Å²) in [5, 5.41) is 3.89. The summed E-state index contributed by atoms with van der Waals surface area (Å²) in [6, 6.07) is 19.0. The van der Waals surface area contributed by atoms with E-state index >= 15 is 0 Å². The van der Waals surface area contributed by atoms with Crippen LogP contribution in [0.25, 0.3) is 22.8 Å². The van der Waals surface area contributed by atoms with Crippen LogP contribution in [0, 0.1) is 5.82 Å².